The molecule has 122 valence electrons. The molecule has 1 aliphatic rings. The molecular weight excluding hydrogens is 296 g/mol. The van der Waals surface area contributed by atoms with Crippen LogP contribution in [0.4, 0.5) is 5.82 Å². The molecule has 0 radical (unpaired) electrons. The Kier molecular flexibility index (Phi) is 4.29. The number of anilines is 1. The minimum absolute atomic E-state index is 0.0612. The Labute approximate surface area is 134 Å². The topological polar surface area (TPSA) is 91.5 Å². The van der Waals surface area contributed by atoms with Crippen molar-refractivity contribution < 1.29 is 14.3 Å². The van der Waals surface area contributed by atoms with Crippen molar-refractivity contribution in [1.29, 1.82) is 0 Å². The SMILES string of the molecule is CNC(=O)C[C@@H]1CN(c2cc(-c3ccoc3)nc(C)n2)C[C@H]1O. The zero-order chi connectivity index (χ0) is 16.4. The summed E-state index contributed by atoms with van der Waals surface area (Å²) >= 11 is 0. The van der Waals surface area contributed by atoms with Crippen LogP contribution in [0.1, 0.15) is 12.2 Å². The quantitative estimate of drug-likeness (QED) is 0.873. The van der Waals surface area contributed by atoms with Crippen LogP contribution >= 0.6 is 0 Å². The molecular formula is C16H20N4O3. The summed E-state index contributed by atoms with van der Waals surface area (Å²) in [6, 6.07) is 3.73. The summed E-state index contributed by atoms with van der Waals surface area (Å²) in [5, 5.41) is 12.8. The lowest BCUT2D eigenvalue weighted by Gasteiger charge is -2.18. The van der Waals surface area contributed by atoms with Gasteiger partial charge in [0.1, 0.15) is 11.6 Å². The molecule has 7 nitrogen and oxygen atoms in total. The summed E-state index contributed by atoms with van der Waals surface area (Å²) in [4.78, 5) is 22.4. The molecule has 0 aromatic carbocycles. The summed E-state index contributed by atoms with van der Waals surface area (Å²) < 4.78 is 5.11. The Bertz CT molecular complexity index is 687. The van der Waals surface area contributed by atoms with Gasteiger partial charge in [-0.15, -0.1) is 0 Å². The zero-order valence-electron chi connectivity index (χ0n) is 13.2. The maximum Gasteiger partial charge on any atom is 0.220 e. The normalized spacial score (nSPS) is 20.7. The third kappa shape index (κ3) is 3.34. The van der Waals surface area contributed by atoms with Crippen molar-refractivity contribution in [1.82, 2.24) is 15.3 Å². The number of nitrogens with zero attached hydrogens (tertiary/aromatic N) is 3. The van der Waals surface area contributed by atoms with Gasteiger partial charge in [-0.3, -0.25) is 4.79 Å². The maximum atomic E-state index is 11.5. The standard InChI is InChI=1S/C16H20N4O3/c1-10-18-13(11-3-4-23-9-11)6-15(19-10)20-7-12(14(21)8-20)5-16(22)17-2/h3-4,6,9,12,14,21H,5,7-8H2,1-2H3,(H,17,22)/t12-,14-/m1/s1. The van der Waals surface area contributed by atoms with E-state index in [1.54, 1.807) is 19.6 Å². The molecule has 0 saturated carbocycles. The molecule has 0 bridgehead atoms. The fourth-order valence-corrected chi connectivity index (χ4v) is 2.85. The zero-order valence-corrected chi connectivity index (χ0v) is 13.2. The predicted octanol–water partition coefficient (Wildman–Crippen LogP) is 0.978. The van der Waals surface area contributed by atoms with Crippen molar-refractivity contribution in [3.63, 3.8) is 0 Å². The molecule has 1 saturated heterocycles. The van der Waals surface area contributed by atoms with E-state index >= 15 is 0 Å². The van der Waals surface area contributed by atoms with E-state index in [1.807, 2.05) is 24.0 Å². The van der Waals surface area contributed by atoms with Gasteiger partial charge in [-0.05, 0) is 13.0 Å². The first kappa shape index (κ1) is 15.5. The Hall–Kier alpha value is -2.41. The van der Waals surface area contributed by atoms with Gasteiger partial charge in [0.2, 0.25) is 5.91 Å². The lowest BCUT2D eigenvalue weighted by atomic mass is 10.0. The van der Waals surface area contributed by atoms with E-state index in [9.17, 15) is 9.90 Å². The molecule has 3 heterocycles. The number of rotatable bonds is 4. The molecule has 0 unspecified atom stereocenters. The largest absolute Gasteiger partial charge is 0.472 e. The second-order valence-electron chi connectivity index (χ2n) is 5.78. The van der Waals surface area contributed by atoms with Crippen molar-refractivity contribution in [3.8, 4) is 11.3 Å². The number of aliphatic hydroxyl groups is 1. The summed E-state index contributed by atoms with van der Waals surface area (Å²) in [5.74, 6) is 1.26. The van der Waals surface area contributed by atoms with E-state index in [4.69, 9.17) is 4.42 Å². The molecule has 1 amide bonds. The summed E-state index contributed by atoms with van der Waals surface area (Å²) in [6.45, 7) is 2.89. The lowest BCUT2D eigenvalue weighted by Crippen LogP contribution is -2.27. The van der Waals surface area contributed by atoms with Crippen LogP contribution in [0, 0.1) is 12.8 Å². The van der Waals surface area contributed by atoms with Crippen LogP contribution in [0.25, 0.3) is 11.3 Å². The average molecular weight is 316 g/mol. The Morgan fingerprint density at radius 2 is 2.30 bits per heavy atom. The van der Waals surface area contributed by atoms with Crippen LogP contribution in [0.15, 0.2) is 29.1 Å². The van der Waals surface area contributed by atoms with Gasteiger partial charge < -0.3 is 19.7 Å². The van der Waals surface area contributed by atoms with Gasteiger partial charge in [0.25, 0.3) is 0 Å². The van der Waals surface area contributed by atoms with Gasteiger partial charge in [0.15, 0.2) is 0 Å². The molecule has 23 heavy (non-hydrogen) atoms. The third-order valence-corrected chi connectivity index (χ3v) is 4.10. The van der Waals surface area contributed by atoms with E-state index in [1.165, 1.54) is 0 Å². The predicted molar refractivity (Wildman–Crippen MR) is 84.9 cm³/mol. The minimum Gasteiger partial charge on any atom is -0.472 e. The van der Waals surface area contributed by atoms with Gasteiger partial charge in [-0.1, -0.05) is 0 Å². The number of furan rings is 1. The molecule has 0 aliphatic carbocycles. The highest BCUT2D eigenvalue weighted by molar-refractivity contribution is 5.76. The van der Waals surface area contributed by atoms with Crippen LogP contribution in [0.5, 0.6) is 0 Å². The second kappa shape index (κ2) is 6.37. The fraction of sp³-hybridized carbons (Fsp3) is 0.438. The number of nitrogens with one attached hydrogen (secondary N) is 1. The molecule has 2 N–H and O–H groups in total. The molecule has 2 aromatic heterocycles. The number of carbonyl (C=O) groups excluding carboxylic acids is 1. The monoisotopic (exact) mass is 316 g/mol. The van der Waals surface area contributed by atoms with Crippen LogP contribution in [0.2, 0.25) is 0 Å². The molecule has 3 rings (SSSR count). The highest BCUT2D eigenvalue weighted by atomic mass is 16.3. The average Bonchev–Trinajstić information content (AvgIpc) is 3.17. The first-order valence-electron chi connectivity index (χ1n) is 7.58. The van der Waals surface area contributed by atoms with Crippen molar-refractivity contribution in [2.24, 2.45) is 5.92 Å². The number of carbonyl (C=O) groups is 1. The smallest absolute Gasteiger partial charge is 0.220 e. The van der Waals surface area contributed by atoms with Gasteiger partial charge in [0.05, 0.1) is 24.3 Å². The molecule has 1 aliphatic heterocycles. The first-order valence-corrected chi connectivity index (χ1v) is 7.58. The number of hydrogen-bond donors (Lipinski definition) is 2. The fourth-order valence-electron chi connectivity index (χ4n) is 2.85. The number of hydrogen-bond acceptors (Lipinski definition) is 6. The van der Waals surface area contributed by atoms with Crippen molar-refractivity contribution in [2.75, 3.05) is 25.0 Å². The molecule has 2 atom stereocenters. The van der Waals surface area contributed by atoms with Gasteiger partial charge in [-0.2, -0.15) is 0 Å². The molecule has 0 spiro atoms. The van der Waals surface area contributed by atoms with Crippen molar-refractivity contribution in [3.05, 3.63) is 30.5 Å². The van der Waals surface area contributed by atoms with Gasteiger partial charge in [0, 0.05) is 44.1 Å². The number of β-amino-alcohol motifs (C(OH)–C–C–N with tert-alkyl or cyclic N) is 1. The van der Waals surface area contributed by atoms with E-state index in [0.29, 0.717) is 25.3 Å². The number of aromatic nitrogens is 2. The van der Waals surface area contributed by atoms with Crippen LogP contribution in [0.3, 0.4) is 0 Å². The van der Waals surface area contributed by atoms with E-state index in [-0.39, 0.29) is 11.8 Å². The number of aryl methyl sites for hydroxylation is 1. The highest BCUT2D eigenvalue weighted by Crippen LogP contribution is 2.28. The van der Waals surface area contributed by atoms with E-state index < -0.39 is 6.10 Å². The Morgan fingerprint density at radius 3 is 3.00 bits per heavy atom. The maximum absolute atomic E-state index is 11.5. The number of amides is 1. The van der Waals surface area contributed by atoms with Crippen LogP contribution < -0.4 is 10.2 Å². The van der Waals surface area contributed by atoms with Gasteiger partial charge >= 0.3 is 0 Å². The van der Waals surface area contributed by atoms with E-state index in [0.717, 1.165) is 17.1 Å². The molecule has 2 aromatic rings. The summed E-state index contributed by atoms with van der Waals surface area (Å²) in [7, 11) is 1.60. The number of aliphatic hydroxyl groups excluding tert-OH is 1. The Balaban J connectivity index is 1.81. The van der Waals surface area contributed by atoms with Crippen molar-refractivity contribution >= 4 is 11.7 Å². The second-order valence-corrected chi connectivity index (χ2v) is 5.78. The van der Waals surface area contributed by atoms with Crippen molar-refractivity contribution in [2.45, 2.75) is 19.4 Å². The first-order chi connectivity index (χ1) is 11.1. The lowest BCUT2D eigenvalue weighted by molar-refractivity contribution is -0.122. The Morgan fingerprint density at radius 1 is 1.48 bits per heavy atom. The molecule has 1 fully saturated rings. The summed E-state index contributed by atoms with van der Waals surface area (Å²) in [5.41, 5.74) is 1.67. The minimum atomic E-state index is -0.542. The molecule has 7 heteroatoms. The van der Waals surface area contributed by atoms with E-state index in [2.05, 4.69) is 15.3 Å². The van der Waals surface area contributed by atoms with Crippen LogP contribution in [-0.2, 0) is 4.79 Å². The highest BCUT2D eigenvalue weighted by Gasteiger charge is 2.33. The third-order valence-electron chi connectivity index (χ3n) is 4.10. The van der Waals surface area contributed by atoms with Crippen LogP contribution in [-0.4, -0.2) is 47.2 Å². The summed E-state index contributed by atoms with van der Waals surface area (Å²) in [6.07, 6.45) is 3.01. The van der Waals surface area contributed by atoms with Gasteiger partial charge in [-0.25, -0.2) is 9.97 Å².